The Bertz CT molecular complexity index is 148. The molecular weight excluding hydrogens is 160 g/mol. The summed E-state index contributed by atoms with van der Waals surface area (Å²) >= 11 is 0. The molecule has 1 unspecified atom stereocenters. The van der Waals surface area contributed by atoms with Crippen molar-refractivity contribution in [2.75, 3.05) is 33.7 Å². The number of likely N-dealkylation sites (N-methyl/N-ethyl adjacent to an activating group) is 1. The summed E-state index contributed by atoms with van der Waals surface area (Å²) in [6.07, 6.45) is 2.27. The Morgan fingerprint density at radius 3 is 2.54 bits per heavy atom. The minimum Gasteiger partial charge on any atom is -0.319 e. The van der Waals surface area contributed by atoms with Crippen LogP contribution in [0, 0.1) is 5.92 Å². The molecule has 1 atom stereocenters. The fourth-order valence-electron chi connectivity index (χ4n) is 1.36. The van der Waals surface area contributed by atoms with Gasteiger partial charge in [0, 0.05) is 13.1 Å². The molecule has 0 rings (SSSR count). The molecule has 1 N–H and O–H groups in total. The molecule has 0 saturated heterocycles. The highest BCUT2D eigenvalue weighted by atomic mass is 15.1. The first-order chi connectivity index (χ1) is 6.06. The smallest absolute Gasteiger partial charge is 0.0162 e. The van der Waals surface area contributed by atoms with Crippen molar-refractivity contribution in [2.45, 2.75) is 20.8 Å². The summed E-state index contributed by atoms with van der Waals surface area (Å²) in [5.74, 6) is 0.723. The topological polar surface area (TPSA) is 15.3 Å². The first-order valence-corrected chi connectivity index (χ1v) is 5.02. The maximum atomic E-state index is 3.20. The van der Waals surface area contributed by atoms with Gasteiger partial charge < -0.3 is 10.2 Å². The fraction of sp³-hybridized carbons (Fsp3) is 0.818. The van der Waals surface area contributed by atoms with Crippen molar-refractivity contribution >= 4 is 0 Å². The molecule has 0 fully saturated rings. The lowest BCUT2D eigenvalue weighted by Gasteiger charge is -2.19. The first kappa shape index (κ1) is 12.7. The third-order valence-corrected chi connectivity index (χ3v) is 1.99. The van der Waals surface area contributed by atoms with Crippen LogP contribution in [-0.2, 0) is 0 Å². The van der Waals surface area contributed by atoms with Crippen LogP contribution >= 0.6 is 0 Å². The van der Waals surface area contributed by atoms with Crippen LogP contribution in [0.1, 0.15) is 20.8 Å². The first-order valence-electron chi connectivity index (χ1n) is 5.02. The second kappa shape index (κ2) is 7.10. The van der Waals surface area contributed by atoms with Crippen LogP contribution in [0.5, 0.6) is 0 Å². The monoisotopic (exact) mass is 184 g/mol. The fourth-order valence-corrected chi connectivity index (χ4v) is 1.36. The molecule has 0 radical (unpaired) electrons. The normalized spacial score (nSPS) is 13.1. The van der Waals surface area contributed by atoms with E-state index in [2.05, 4.69) is 44.1 Å². The van der Waals surface area contributed by atoms with Gasteiger partial charge in [0.2, 0.25) is 0 Å². The molecule has 13 heavy (non-hydrogen) atoms. The van der Waals surface area contributed by atoms with E-state index < -0.39 is 0 Å². The largest absolute Gasteiger partial charge is 0.319 e. The maximum absolute atomic E-state index is 3.20. The van der Waals surface area contributed by atoms with Crippen LogP contribution in [0.25, 0.3) is 0 Å². The van der Waals surface area contributed by atoms with Crippen molar-refractivity contribution in [3.63, 3.8) is 0 Å². The average Bonchev–Trinajstić information content (AvgIpc) is 2.01. The number of hydrogen-bond acceptors (Lipinski definition) is 2. The highest BCUT2D eigenvalue weighted by Crippen LogP contribution is 1.97. The number of rotatable bonds is 6. The van der Waals surface area contributed by atoms with Crippen LogP contribution in [0.4, 0.5) is 0 Å². The van der Waals surface area contributed by atoms with Crippen molar-refractivity contribution in [2.24, 2.45) is 5.92 Å². The summed E-state index contributed by atoms with van der Waals surface area (Å²) in [6, 6.07) is 0. The number of nitrogens with one attached hydrogen (secondary N) is 1. The van der Waals surface area contributed by atoms with Crippen LogP contribution < -0.4 is 5.32 Å². The molecule has 0 aliphatic heterocycles. The van der Waals surface area contributed by atoms with Gasteiger partial charge in [0.25, 0.3) is 0 Å². The third-order valence-electron chi connectivity index (χ3n) is 1.99. The minimum absolute atomic E-state index is 0.723. The number of hydrogen-bond donors (Lipinski definition) is 1. The van der Waals surface area contributed by atoms with Gasteiger partial charge in [-0.2, -0.15) is 0 Å². The molecule has 0 aromatic heterocycles. The zero-order valence-electron chi connectivity index (χ0n) is 9.72. The molecule has 0 spiro atoms. The van der Waals surface area contributed by atoms with Crippen molar-refractivity contribution < 1.29 is 0 Å². The van der Waals surface area contributed by atoms with E-state index in [4.69, 9.17) is 0 Å². The van der Waals surface area contributed by atoms with Gasteiger partial charge >= 0.3 is 0 Å². The van der Waals surface area contributed by atoms with E-state index >= 15 is 0 Å². The van der Waals surface area contributed by atoms with Crippen molar-refractivity contribution in [1.29, 1.82) is 0 Å². The molecule has 0 bridgehead atoms. The van der Waals surface area contributed by atoms with E-state index in [0.29, 0.717) is 0 Å². The Morgan fingerprint density at radius 1 is 1.46 bits per heavy atom. The Labute approximate surface area is 83.0 Å². The number of allylic oxidation sites excluding steroid dienone is 1. The molecule has 78 valence electrons. The van der Waals surface area contributed by atoms with E-state index in [9.17, 15) is 0 Å². The van der Waals surface area contributed by atoms with Gasteiger partial charge in [0.05, 0.1) is 0 Å². The molecule has 0 aliphatic rings. The second-order valence-electron chi connectivity index (χ2n) is 4.17. The predicted octanol–water partition coefficient (Wildman–Crippen LogP) is 1.74. The van der Waals surface area contributed by atoms with E-state index in [1.807, 2.05) is 7.05 Å². The number of nitrogens with zero attached hydrogens (tertiary/aromatic N) is 1. The van der Waals surface area contributed by atoms with Crippen LogP contribution in [0.3, 0.4) is 0 Å². The van der Waals surface area contributed by atoms with Gasteiger partial charge in [-0.25, -0.2) is 0 Å². The lowest BCUT2D eigenvalue weighted by atomic mass is 10.1. The van der Waals surface area contributed by atoms with E-state index in [0.717, 1.165) is 25.6 Å². The molecule has 0 aromatic carbocycles. The van der Waals surface area contributed by atoms with E-state index in [-0.39, 0.29) is 0 Å². The van der Waals surface area contributed by atoms with Gasteiger partial charge in [0.1, 0.15) is 0 Å². The summed E-state index contributed by atoms with van der Waals surface area (Å²) in [5.41, 5.74) is 1.40. The van der Waals surface area contributed by atoms with Gasteiger partial charge in [-0.3, -0.25) is 0 Å². The van der Waals surface area contributed by atoms with Crippen LogP contribution in [0.15, 0.2) is 11.6 Å². The van der Waals surface area contributed by atoms with Crippen molar-refractivity contribution in [3.8, 4) is 0 Å². The van der Waals surface area contributed by atoms with Crippen molar-refractivity contribution in [3.05, 3.63) is 11.6 Å². The summed E-state index contributed by atoms with van der Waals surface area (Å²) in [7, 11) is 4.18. The standard InChI is InChI=1S/C11H24N2/c1-10(2)6-7-13(5)9-11(3)8-12-4/h6,11-12H,7-9H2,1-5H3. The van der Waals surface area contributed by atoms with Gasteiger partial charge in [0.15, 0.2) is 0 Å². The highest BCUT2D eigenvalue weighted by molar-refractivity contribution is 4.94. The summed E-state index contributed by atoms with van der Waals surface area (Å²) in [4.78, 5) is 2.36. The molecule has 0 saturated carbocycles. The molecule has 2 heteroatoms. The quantitative estimate of drug-likeness (QED) is 0.633. The van der Waals surface area contributed by atoms with Crippen molar-refractivity contribution in [1.82, 2.24) is 10.2 Å². The Hall–Kier alpha value is -0.340. The van der Waals surface area contributed by atoms with E-state index in [1.165, 1.54) is 5.57 Å². The van der Waals surface area contributed by atoms with E-state index in [1.54, 1.807) is 0 Å². The minimum atomic E-state index is 0.723. The predicted molar refractivity (Wildman–Crippen MR) is 60.0 cm³/mol. The van der Waals surface area contributed by atoms with Gasteiger partial charge in [-0.1, -0.05) is 18.6 Å². The summed E-state index contributed by atoms with van der Waals surface area (Å²) in [6.45, 7) is 9.88. The summed E-state index contributed by atoms with van der Waals surface area (Å²) < 4.78 is 0. The van der Waals surface area contributed by atoms with Crippen LogP contribution in [0.2, 0.25) is 0 Å². The van der Waals surface area contributed by atoms with Gasteiger partial charge in [-0.05, 0) is 40.4 Å². The average molecular weight is 184 g/mol. The zero-order valence-corrected chi connectivity index (χ0v) is 9.72. The molecule has 0 aliphatic carbocycles. The molecular formula is C11H24N2. The second-order valence-corrected chi connectivity index (χ2v) is 4.17. The molecule has 0 aromatic rings. The zero-order chi connectivity index (χ0) is 10.3. The lowest BCUT2D eigenvalue weighted by Crippen LogP contribution is -2.29. The SMILES string of the molecule is CNCC(C)CN(C)CC=C(C)C. The van der Waals surface area contributed by atoms with Gasteiger partial charge in [-0.15, -0.1) is 0 Å². The maximum Gasteiger partial charge on any atom is 0.0162 e. The molecule has 0 amide bonds. The molecule has 0 heterocycles. The Morgan fingerprint density at radius 2 is 2.08 bits per heavy atom. The highest BCUT2D eigenvalue weighted by Gasteiger charge is 2.03. The molecule has 2 nitrogen and oxygen atoms in total. The summed E-state index contributed by atoms with van der Waals surface area (Å²) in [5, 5.41) is 3.20. The Balaban J connectivity index is 3.61. The van der Waals surface area contributed by atoms with Crippen LogP contribution in [-0.4, -0.2) is 38.6 Å². The Kier molecular flexibility index (Phi) is 6.92. The third kappa shape index (κ3) is 8.00. The lowest BCUT2D eigenvalue weighted by molar-refractivity contribution is 0.308.